The van der Waals surface area contributed by atoms with Crippen LogP contribution in [0.5, 0.6) is 0 Å². The molecule has 2 heterocycles. The Balaban J connectivity index is 2.03. The number of fused-ring (bicyclic) bond motifs is 1. The minimum atomic E-state index is 0.909. The van der Waals surface area contributed by atoms with E-state index in [0.29, 0.717) is 0 Å². The Labute approximate surface area is 107 Å². The van der Waals surface area contributed by atoms with Gasteiger partial charge in [0.15, 0.2) is 5.82 Å². The number of anilines is 2. The number of hydrogen-bond donors (Lipinski definition) is 1. The van der Waals surface area contributed by atoms with Crippen LogP contribution in [-0.4, -0.2) is 23.3 Å². The molecule has 0 fully saturated rings. The average Bonchev–Trinajstić information content (AvgIpc) is 2.62. The molecule has 0 spiro atoms. The first-order valence-corrected chi connectivity index (χ1v) is 6.21. The molecule has 4 nitrogen and oxygen atoms in total. The van der Waals surface area contributed by atoms with Gasteiger partial charge in [-0.2, -0.15) is 5.10 Å². The van der Waals surface area contributed by atoms with Crippen molar-refractivity contribution in [3.63, 3.8) is 0 Å². The SMILES string of the molecule is Cc1ccc(N2CCNCc3ccccc32)nn1. The van der Waals surface area contributed by atoms with Crippen LogP contribution in [-0.2, 0) is 6.54 Å². The van der Waals surface area contributed by atoms with Gasteiger partial charge >= 0.3 is 0 Å². The summed E-state index contributed by atoms with van der Waals surface area (Å²) in [5.74, 6) is 0.914. The fraction of sp³-hybridized carbons (Fsp3) is 0.286. The van der Waals surface area contributed by atoms with Gasteiger partial charge in [0.25, 0.3) is 0 Å². The maximum atomic E-state index is 4.29. The lowest BCUT2D eigenvalue weighted by Crippen LogP contribution is -2.25. The second-order valence-electron chi connectivity index (χ2n) is 4.49. The number of aryl methyl sites for hydroxylation is 1. The molecule has 0 amide bonds. The van der Waals surface area contributed by atoms with Crippen molar-refractivity contribution in [2.45, 2.75) is 13.5 Å². The Bertz CT molecular complexity index is 536. The van der Waals surface area contributed by atoms with Gasteiger partial charge < -0.3 is 10.2 Å². The van der Waals surface area contributed by atoms with Gasteiger partial charge in [0, 0.05) is 25.3 Å². The topological polar surface area (TPSA) is 41.0 Å². The molecular formula is C14H16N4. The molecule has 0 unspecified atom stereocenters. The molecule has 0 saturated heterocycles. The van der Waals surface area contributed by atoms with E-state index in [4.69, 9.17) is 0 Å². The molecule has 92 valence electrons. The highest BCUT2D eigenvalue weighted by Crippen LogP contribution is 2.27. The monoisotopic (exact) mass is 240 g/mol. The summed E-state index contributed by atoms with van der Waals surface area (Å²) in [6.45, 7) is 4.72. The average molecular weight is 240 g/mol. The Hall–Kier alpha value is -1.94. The number of hydrogen-bond acceptors (Lipinski definition) is 4. The number of nitrogens with zero attached hydrogens (tertiary/aromatic N) is 3. The third-order valence-corrected chi connectivity index (χ3v) is 3.17. The number of benzene rings is 1. The summed E-state index contributed by atoms with van der Waals surface area (Å²) >= 11 is 0. The molecule has 1 N–H and O–H groups in total. The van der Waals surface area contributed by atoms with Crippen molar-refractivity contribution in [2.24, 2.45) is 0 Å². The highest BCUT2D eigenvalue weighted by Gasteiger charge is 2.16. The van der Waals surface area contributed by atoms with Crippen LogP contribution in [0.25, 0.3) is 0 Å². The van der Waals surface area contributed by atoms with Gasteiger partial charge in [0.1, 0.15) is 0 Å². The van der Waals surface area contributed by atoms with E-state index in [0.717, 1.165) is 31.1 Å². The van der Waals surface area contributed by atoms with Crippen LogP contribution in [0, 0.1) is 6.92 Å². The first-order chi connectivity index (χ1) is 8.84. The predicted octanol–water partition coefficient (Wildman–Crippen LogP) is 2.03. The summed E-state index contributed by atoms with van der Waals surface area (Å²) in [5, 5.41) is 11.9. The van der Waals surface area contributed by atoms with E-state index < -0.39 is 0 Å². The van der Waals surface area contributed by atoms with Crippen molar-refractivity contribution in [1.29, 1.82) is 0 Å². The zero-order valence-electron chi connectivity index (χ0n) is 10.4. The number of para-hydroxylation sites is 1. The molecule has 0 radical (unpaired) electrons. The highest BCUT2D eigenvalue weighted by atomic mass is 15.3. The van der Waals surface area contributed by atoms with Crippen LogP contribution in [0.3, 0.4) is 0 Å². The van der Waals surface area contributed by atoms with E-state index in [-0.39, 0.29) is 0 Å². The first-order valence-electron chi connectivity index (χ1n) is 6.21. The lowest BCUT2D eigenvalue weighted by atomic mass is 10.1. The fourth-order valence-electron chi connectivity index (χ4n) is 2.23. The molecule has 4 heteroatoms. The summed E-state index contributed by atoms with van der Waals surface area (Å²) in [7, 11) is 0. The lowest BCUT2D eigenvalue weighted by molar-refractivity contribution is 0.709. The quantitative estimate of drug-likeness (QED) is 0.828. The summed E-state index contributed by atoms with van der Waals surface area (Å²) in [5.41, 5.74) is 3.47. The lowest BCUT2D eigenvalue weighted by Gasteiger charge is -2.22. The van der Waals surface area contributed by atoms with Crippen molar-refractivity contribution < 1.29 is 0 Å². The largest absolute Gasteiger partial charge is 0.323 e. The minimum absolute atomic E-state index is 0.909. The smallest absolute Gasteiger partial charge is 0.155 e. The summed E-state index contributed by atoms with van der Waals surface area (Å²) in [4.78, 5) is 2.22. The summed E-state index contributed by atoms with van der Waals surface area (Å²) < 4.78 is 0. The van der Waals surface area contributed by atoms with E-state index in [9.17, 15) is 0 Å². The van der Waals surface area contributed by atoms with Crippen molar-refractivity contribution in [1.82, 2.24) is 15.5 Å². The van der Waals surface area contributed by atoms with Crippen molar-refractivity contribution in [3.05, 3.63) is 47.7 Å². The second kappa shape index (κ2) is 4.74. The summed E-state index contributed by atoms with van der Waals surface area (Å²) in [6, 6.07) is 12.5. The molecule has 1 aliphatic rings. The molecule has 2 aromatic rings. The van der Waals surface area contributed by atoms with Crippen LogP contribution in [0.1, 0.15) is 11.3 Å². The van der Waals surface area contributed by atoms with Gasteiger partial charge in [0.2, 0.25) is 0 Å². The standard InChI is InChI=1S/C14H16N4/c1-11-6-7-14(17-16-11)18-9-8-15-10-12-4-2-3-5-13(12)18/h2-7,15H,8-10H2,1H3. The molecule has 0 saturated carbocycles. The van der Waals surface area contributed by atoms with Crippen molar-refractivity contribution >= 4 is 11.5 Å². The maximum absolute atomic E-state index is 4.29. The number of nitrogens with one attached hydrogen (secondary N) is 1. The first kappa shape index (κ1) is 11.2. The Morgan fingerprint density at radius 2 is 2.00 bits per heavy atom. The van der Waals surface area contributed by atoms with Gasteiger partial charge in [-0.05, 0) is 30.7 Å². The maximum Gasteiger partial charge on any atom is 0.155 e. The molecule has 18 heavy (non-hydrogen) atoms. The van der Waals surface area contributed by atoms with E-state index in [1.165, 1.54) is 11.3 Å². The highest BCUT2D eigenvalue weighted by molar-refractivity contribution is 5.64. The van der Waals surface area contributed by atoms with E-state index in [1.54, 1.807) is 0 Å². The molecule has 0 atom stereocenters. The zero-order chi connectivity index (χ0) is 12.4. The Morgan fingerprint density at radius 1 is 1.11 bits per heavy atom. The predicted molar refractivity (Wildman–Crippen MR) is 71.9 cm³/mol. The fourth-order valence-corrected chi connectivity index (χ4v) is 2.23. The second-order valence-corrected chi connectivity index (χ2v) is 4.49. The van der Waals surface area contributed by atoms with E-state index in [1.807, 2.05) is 19.1 Å². The zero-order valence-corrected chi connectivity index (χ0v) is 10.4. The van der Waals surface area contributed by atoms with Crippen LogP contribution >= 0.6 is 0 Å². The van der Waals surface area contributed by atoms with E-state index >= 15 is 0 Å². The van der Waals surface area contributed by atoms with Gasteiger partial charge in [-0.25, -0.2) is 0 Å². The van der Waals surface area contributed by atoms with Crippen LogP contribution in [0.15, 0.2) is 36.4 Å². The molecule has 0 aliphatic carbocycles. The normalized spacial score (nSPS) is 15.1. The number of aromatic nitrogens is 2. The van der Waals surface area contributed by atoms with Crippen LogP contribution < -0.4 is 10.2 Å². The molecular weight excluding hydrogens is 224 g/mol. The summed E-state index contributed by atoms with van der Waals surface area (Å²) in [6.07, 6.45) is 0. The molecule has 1 aromatic carbocycles. The molecule has 0 bridgehead atoms. The third-order valence-electron chi connectivity index (χ3n) is 3.17. The van der Waals surface area contributed by atoms with Crippen molar-refractivity contribution in [3.8, 4) is 0 Å². The molecule has 1 aliphatic heterocycles. The van der Waals surface area contributed by atoms with Gasteiger partial charge in [0.05, 0.1) is 5.69 Å². The van der Waals surface area contributed by atoms with Crippen molar-refractivity contribution in [2.75, 3.05) is 18.0 Å². The molecule has 1 aromatic heterocycles. The minimum Gasteiger partial charge on any atom is -0.323 e. The van der Waals surface area contributed by atoms with Gasteiger partial charge in [-0.15, -0.1) is 5.10 Å². The third kappa shape index (κ3) is 2.07. The van der Waals surface area contributed by atoms with Crippen LogP contribution in [0.2, 0.25) is 0 Å². The van der Waals surface area contributed by atoms with E-state index in [2.05, 4.69) is 44.7 Å². The number of rotatable bonds is 1. The van der Waals surface area contributed by atoms with Gasteiger partial charge in [-0.3, -0.25) is 0 Å². The Kier molecular flexibility index (Phi) is 2.94. The van der Waals surface area contributed by atoms with Crippen LogP contribution in [0.4, 0.5) is 11.5 Å². The molecule has 3 rings (SSSR count). The van der Waals surface area contributed by atoms with Gasteiger partial charge in [-0.1, -0.05) is 18.2 Å². The Morgan fingerprint density at radius 3 is 2.83 bits per heavy atom.